The molecule has 0 aliphatic rings. The lowest BCUT2D eigenvalue weighted by Crippen LogP contribution is -2.10. The van der Waals surface area contributed by atoms with Crippen molar-refractivity contribution >= 4 is 17.7 Å². The SMILES string of the molecule is CCOc1ccc(OC(=O)CSc2nnc(-c3ccco3)o2)cc1. The molecule has 0 saturated heterocycles. The lowest BCUT2D eigenvalue weighted by molar-refractivity contribution is -0.131. The van der Waals surface area contributed by atoms with Gasteiger partial charge in [-0.3, -0.25) is 4.79 Å². The highest BCUT2D eigenvalue weighted by Gasteiger charge is 2.13. The Hall–Kier alpha value is -2.74. The summed E-state index contributed by atoms with van der Waals surface area (Å²) in [5.74, 6) is 1.55. The smallest absolute Gasteiger partial charge is 0.321 e. The van der Waals surface area contributed by atoms with E-state index in [1.807, 2.05) is 6.92 Å². The third-order valence-corrected chi connectivity index (χ3v) is 3.61. The van der Waals surface area contributed by atoms with E-state index in [4.69, 9.17) is 18.3 Å². The minimum atomic E-state index is -0.415. The van der Waals surface area contributed by atoms with Gasteiger partial charge in [-0.1, -0.05) is 11.8 Å². The average molecular weight is 346 g/mol. The molecule has 24 heavy (non-hydrogen) atoms. The van der Waals surface area contributed by atoms with Gasteiger partial charge in [-0.25, -0.2) is 0 Å². The van der Waals surface area contributed by atoms with E-state index >= 15 is 0 Å². The summed E-state index contributed by atoms with van der Waals surface area (Å²) in [6, 6.07) is 10.3. The summed E-state index contributed by atoms with van der Waals surface area (Å²) in [6.07, 6.45) is 1.51. The maximum Gasteiger partial charge on any atom is 0.321 e. The molecule has 0 aliphatic carbocycles. The largest absolute Gasteiger partial charge is 0.494 e. The molecule has 3 rings (SSSR count). The van der Waals surface area contributed by atoms with Crippen molar-refractivity contribution in [3.63, 3.8) is 0 Å². The second-order valence-corrected chi connectivity index (χ2v) is 5.44. The van der Waals surface area contributed by atoms with Crippen molar-refractivity contribution < 1.29 is 23.1 Å². The van der Waals surface area contributed by atoms with E-state index in [1.54, 1.807) is 36.4 Å². The molecule has 8 heteroatoms. The van der Waals surface area contributed by atoms with E-state index in [1.165, 1.54) is 6.26 Å². The highest BCUT2D eigenvalue weighted by atomic mass is 32.2. The summed E-state index contributed by atoms with van der Waals surface area (Å²) < 4.78 is 21.1. The van der Waals surface area contributed by atoms with Crippen molar-refractivity contribution in [2.24, 2.45) is 0 Å². The second kappa shape index (κ2) is 7.69. The number of rotatable bonds is 7. The number of hydrogen-bond donors (Lipinski definition) is 0. The fourth-order valence-corrected chi connectivity index (χ4v) is 2.36. The van der Waals surface area contributed by atoms with Gasteiger partial charge in [-0.15, -0.1) is 10.2 Å². The number of hydrogen-bond acceptors (Lipinski definition) is 8. The first-order chi connectivity index (χ1) is 11.7. The van der Waals surface area contributed by atoms with Gasteiger partial charge >= 0.3 is 5.97 Å². The fraction of sp³-hybridized carbons (Fsp3) is 0.188. The van der Waals surface area contributed by atoms with E-state index < -0.39 is 5.97 Å². The number of thioether (sulfide) groups is 1. The number of nitrogens with zero attached hydrogens (tertiary/aromatic N) is 2. The van der Waals surface area contributed by atoms with Crippen molar-refractivity contribution in [2.75, 3.05) is 12.4 Å². The maximum atomic E-state index is 11.8. The van der Waals surface area contributed by atoms with E-state index in [0.717, 1.165) is 17.5 Å². The van der Waals surface area contributed by atoms with Crippen LogP contribution in [0.5, 0.6) is 11.5 Å². The van der Waals surface area contributed by atoms with Crippen LogP contribution in [-0.4, -0.2) is 28.5 Å². The molecule has 2 aromatic heterocycles. The Bertz CT molecular complexity index is 783. The van der Waals surface area contributed by atoms with Crippen molar-refractivity contribution in [2.45, 2.75) is 12.1 Å². The molecule has 0 aliphatic heterocycles. The molecular weight excluding hydrogens is 332 g/mol. The van der Waals surface area contributed by atoms with Gasteiger partial charge in [0.1, 0.15) is 17.3 Å². The Balaban J connectivity index is 1.50. The van der Waals surface area contributed by atoms with Crippen LogP contribution in [0.1, 0.15) is 6.92 Å². The quantitative estimate of drug-likeness (QED) is 0.365. The van der Waals surface area contributed by atoms with Crippen LogP contribution in [0.4, 0.5) is 0 Å². The van der Waals surface area contributed by atoms with Gasteiger partial charge in [0.2, 0.25) is 0 Å². The molecule has 0 spiro atoms. The molecular formula is C16H14N2O5S. The Kier molecular flexibility index (Phi) is 5.17. The zero-order valence-corrected chi connectivity index (χ0v) is 13.6. The van der Waals surface area contributed by atoms with Crippen molar-refractivity contribution in [3.05, 3.63) is 42.7 Å². The summed E-state index contributed by atoms with van der Waals surface area (Å²) in [5, 5.41) is 7.96. The lowest BCUT2D eigenvalue weighted by atomic mass is 10.3. The zero-order chi connectivity index (χ0) is 16.8. The van der Waals surface area contributed by atoms with Crippen LogP contribution >= 0.6 is 11.8 Å². The van der Waals surface area contributed by atoms with Gasteiger partial charge in [-0.05, 0) is 43.3 Å². The van der Waals surface area contributed by atoms with Gasteiger partial charge in [0, 0.05) is 0 Å². The third kappa shape index (κ3) is 4.17. The number of carbonyl (C=O) groups is 1. The first-order valence-electron chi connectivity index (χ1n) is 7.18. The Morgan fingerprint density at radius 2 is 1.96 bits per heavy atom. The highest BCUT2D eigenvalue weighted by Crippen LogP contribution is 2.24. The lowest BCUT2D eigenvalue weighted by Gasteiger charge is -2.05. The van der Waals surface area contributed by atoms with Gasteiger partial charge < -0.3 is 18.3 Å². The standard InChI is InChI=1S/C16H14N2O5S/c1-2-20-11-5-7-12(8-6-11)22-14(19)10-24-16-18-17-15(23-16)13-4-3-9-21-13/h3-9H,2,10H2,1H3. The number of furan rings is 1. The van der Waals surface area contributed by atoms with E-state index in [0.29, 0.717) is 18.1 Å². The minimum Gasteiger partial charge on any atom is -0.494 e. The topological polar surface area (TPSA) is 87.6 Å². The number of esters is 1. The van der Waals surface area contributed by atoms with Crippen LogP contribution in [0.25, 0.3) is 11.7 Å². The number of aromatic nitrogens is 2. The van der Waals surface area contributed by atoms with Gasteiger partial charge in [0.25, 0.3) is 11.1 Å². The molecule has 0 atom stereocenters. The number of ether oxygens (including phenoxy) is 2. The predicted octanol–water partition coefficient (Wildman–Crippen LogP) is 3.43. The van der Waals surface area contributed by atoms with Crippen LogP contribution in [0, 0.1) is 0 Å². The molecule has 2 heterocycles. The molecule has 0 amide bonds. The Morgan fingerprint density at radius 3 is 2.67 bits per heavy atom. The monoisotopic (exact) mass is 346 g/mol. The fourth-order valence-electron chi connectivity index (χ4n) is 1.82. The first kappa shape index (κ1) is 16.1. The second-order valence-electron chi connectivity index (χ2n) is 4.52. The normalized spacial score (nSPS) is 10.5. The zero-order valence-electron chi connectivity index (χ0n) is 12.8. The molecule has 1 aromatic carbocycles. The number of benzene rings is 1. The van der Waals surface area contributed by atoms with E-state index in [2.05, 4.69) is 10.2 Å². The van der Waals surface area contributed by atoms with Crippen LogP contribution in [0.15, 0.2) is 56.7 Å². The molecule has 0 radical (unpaired) electrons. The van der Waals surface area contributed by atoms with Crippen molar-refractivity contribution in [1.82, 2.24) is 10.2 Å². The van der Waals surface area contributed by atoms with Crippen LogP contribution in [0.2, 0.25) is 0 Å². The summed E-state index contributed by atoms with van der Waals surface area (Å²) in [7, 11) is 0. The number of carbonyl (C=O) groups excluding carboxylic acids is 1. The molecule has 7 nitrogen and oxygen atoms in total. The van der Waals surface area contributed by atoms with Gasteiger partial charge in [-0.2, -0.15) is 0 Å². The molecule has 124 valence electrons. The summed E-state index contributed by atoms with van der Waals surface area (Å²) in [4.78, 5) is 11.8. The molecule has 0 saturated carbocycles. The molecule has 0 N–H and O–H groups in total. The van der Waals surface area contributed by atoms with Crippen molar-refractivity contribution in [3.8, 4) is 23.1 Å². The predicted molar refractivity (Wildman–Crippen MR) is 86.0 cm³/mol. The van der Waals surface area contributed by atoms with E-state index in [-0.39, 0.29) is 16.9 Å². The third-order valence-electron chi connectivity index (χ3n) is 2.82. The minimum absolute atomic E-state index is 0.0486. The van der Waals surface area contributed by atoms with E-state index in [9.17, 15) is 4.79 Å². The molecule has 0 bridgehead atoms. The Labute approximate surface area is 142 Å². The average Bonchev–Trinajstić information content (AvgIpc) is 3.26. The summed E-state index contributed by atoms with van der Waals surface area (Å²) in [5.41, 5.74) is 0. The van der Waals surface area contributed by atoms with Gasteiger partial charge in [0.05, 0.1) is 12.9 Å². The van der Waals surface area contributed by atoms with Crippen LogP contribution in [-0.2, 0) is 4.79 Å². The van der Waals surface area contributed by atoms with Crippen molar-refractivity contribution in [1.29, 1.82) is 0 Å². The summed E-state index contributed by atoms with van der Waals surface area (Å²) in [6.45, 7) is 2.49. The van der Waals surface area contributed by atoms with Gasteiger partial charge in [0.15, 0.2) is 5.76 Å². The van der Waals surface area contributed by atoms with Crippen LogP contribution in [0.3, 0.4) is 0 Å². The van der Waals surface area contributed by atoms with Crippen LogP contribution < -0.4 is 9.47 Å². The molecule has 0 fully saturated rings. The summed E-state index contributed by atoms with van der Waals surface area (Å²) >= 11 is 1.10. The highest BCUT2D eigenvalue weighted by molar-refractivity contribution is 7.99. The molecule has 3 aromatic rings. The maximum absolute atomic E-state index is 11.8. The Morgan fingerprint density at radius 1 is 1.17 bits per heavy atom. The first-order valence-corrected chi connectivity index (χ1v) is 8.17. The molecule has 0 unspecified atom stereocenters.